The third-order valence-corrected chi connectivity index (χ3v) is 8.95. The zero-order chi connectivity index (χ0) is 36.0. The number of nitrogens with one attached hydrogen (secondary N) is 2. The van der Waals surface area contributed by atoms with Crippen LogP contribution in [-0.2, 0) is 19.1 Å². The van der Waals surface area contributed by atoms with E-state index >= 15 is 0 Å². The normalized spacial score (nSPS) is 18.6. The number of benzene rings is 1. The van der Waals surface area contributed by atoms with E-state index in [0.29, 0.717) is 30.0 Å². The highest BCUT2D eigenvalue weighted by Crippen LogP contribution is 2.36. The molecule has 5 aliphatic rings. The van der Waals surface area contributed by atoms with Crippen molar-refractivity contribution in [3.05, 3.63) is 168 Å². The number of aliphatic imine (C=N–C) groups is 3. The Morgan fingerprint density at radius 1 is 0.712 bits per heavy atom. The van der Waals surface area contributed by atoms with Gasteiger partial charge in [0, 0.05) is 60.4 Å². The van der Waals surface area contributed by atoms with E-state index in [9.17, 15) is 9.59 Å². The van der Waals surface area contributed by atoms with Crippen LogP contribution in [0.3, 0.4) is 0 Å². The van der Waals surface area contributed by atoms with Crippen LogP contribution in [0.2, 0.25) is 0 Å². The predicted octanol–water partition coefficient (Wildman–Crippen LogP) is 7.02. The van der Waals surface area contributed by atoms with Gasteiger partial charge in [0.2, 0.25) is 0 Å². The summed E-state index contributed by atoms with van der Waals surface area (Å²) in [6.07, 6.45) is 19.9. The van der Waals surface area contributed by atoms with Crippen LogP contribution < -0.4 is 5.32 Å². The fourth-order valence-electron chi connectivity index (χ4n) is 6.49. The topological polar surface area (TPSA) is 121 Å². The summed E-state index contributed by atoms with van der Waals surface area (Å²) in [6, 6.07) is 14.1. The van der Waals surface area contributed by atoms with Gasteiger partial charge < -0.3 is 24.7 Å². The smallest absolute Gasteiger partial charge is 0.306 e. The number of carbonyl (C=O) groups is 2. The molecule has 0 spiro atoms. The summed E-state index contributed by atoms with van der Waals surface area (Å²) in [5, 5.41) is 3.36. The second-order valence-electron chi connectivity index (χ2n) is 12.4. The molecule has 6 heterocycles. The van der Waals surface area contributed by atoms with Gasteiger partial charge >= 0.3 is 11.9 Å². The van der Waals surface area contributed by atoms with E-state index in [1.807, 2.05) is 91.1 Å². The van der Waals surface area contributed by atoms with E-state index < -0.39 is 0 Å². The van der Waals surface area contributed by atoms with Gasteiger partial charge in [0.05, 0.1) is 39.8 Å². The summed E-state index contributed by atoms with van der Waals surface area (Å²) in [5.74, 6) is 0.176. The van der Waals surface area contributed by atoms with Crippen molar-refractivity contribution in [1.29, 1.82) is 0 Å². The number of carbonyl (C=O) groups excluding carboxylic acids is 2. The third-order valence-electron chi connectivity index (χ3n) is 8.95. The van der Waals surface area contributed by atoms with Crippen LogP contribution >= 0.6 is 0 Å². The van der Waals surface area contributed by atoms with Crippen molar-refractivity contribution in [1.82, 2.24) is 15.2 Å². The molecule has 2 aromatic rings. The molecule has 0 atom stereocenters. The summed E-state index contributed by atoms with van der Waals surface area (Å²) >= 11 is 0. The molecular weight excluding hydrogens is 652 g/mol. The predicted molar refractivity (Wildman–Crippen MR) is 205 cm³/mol. The highest BCUT2D eigenvalue weighted by atomic mass is 16.5. The molecule has 0 radical (unpaired) electrons. The molecule has 8 bridgehead atoms. The third kappa shape index (κ3) is 7.04. The van der Waals surface area contributed by atoms with Crippen molar-refractivity contribution in [2.75, 3.05) is 20.3 Å². The fourth-order valence-corrected chi connectivity index (χ4v) is 6.49. The van der Waals surface area contributed by atoms with Gasteiger partial charge in [-0.3, -0.25) is 9.59 Å². The van der Waals surface area contributed by atoms with Crippen molar-refractivity contribution in [3.8, 4) is 0 Å². The van der Waals surface area contributed by atoms with Crippen LogP contribution in [0.4, 0.5) is 0 Å². The minimum Gasteiger partial charge on any atom is -0.461 e. The monoisotopic (exact) mass is 690 g/mol. The van der Waals surface area contributed by atoms with E-state index in [-0.39, 0.29) is 38.0 Å². The van der Waals surface area contributed by atoms with Crippen LogP contribution in [0.1, 0.15) is 42.6 Å². The maximum atomic E-state index is 12.7. The molecular formula is C42H38N6O4. The molecule has 0 fully saturated rings. The summed E-state index contributed by atoms with van der Waals surface area (Å²) in [5.41, 5.74) is 10.4. The van der Waals surface area contributed by atoms with Gasteiger partial charge in [0.1, 0.15) is 19.0 Å². The van der Waals surface area contributed by atoms with E-state index in [1.165, 1.54) is 0 Å². The first kappa shape index (κ1) is 33.9. The molecule has 7 rings (SSSR count). The van der Waals surface area contributed by atoms with E-state index in [4.69, 9.17) is 24.5 Å². The summed E-state index contributed by atoms with van der Waals surface area (Å²) < 4.78 is 10.6. The first-order chi connectivity index (χ1) is 25.4. The Morgan fingerprint density at radius 3 is 1.92 bits per heavy atom. The van der Waals surface area contributed by atoms with Gasteiger partial charge in [-0.15, -0.1) is 0 Å². The van der Waals surface area contributed by atoms with Crippen LogP contribution in [0.5, 0.6) is 0 Å². The van der Waals surface area contributed by atoms with Gasteiger partial charge in [0.25, 0.3) is 0 Å². The molecule has 260 valence electrons. The Morgan fingerprint density at radius 2 is 1.29 bits per heavy atom. The van der Waals surface area contributed by atoms with Gasteiger partial charge in [-0.05, 0) is 67.0 Å². The highest BCUT2D eigenvalue weighted by Gasteiger charge is 2.28. The number of allylic oxidation sites excluding steroid dienone is 9. The summed E-state index contributed by atoms with van der Waals surface area (Å²) in [6.45, 7) is 7.61. The van der Waals surface area contributed by atoms with E-state index in [1.54, 1.807) is 12.2 Å². The number of esters is 2. The van der Waals surface area contributed by atoms with Crippen molar-refractivity contribution < 1.29 is 19.1 Å². The minimum absolute atomic E-state index is 0.151. The average molecular weight is 691 g/mol. The number of rotatable bonds is 11. The second kappa shape index (κ2) is 15.1. The molecule has 10 heteroatoms. The SMILES string of the molecule is C=CCOC(=O)CCC1=C2C=CC(=N2)/C(=C2/NC=CN2C)C2=NC(=C(CCC(=O)OCC=C)c3ccc([nH]3)C(c3ccccc3)=C3C=CC1=N3)C=C2. The number of ether oxygens (including phenoxy) is 2. The van der Waals surface area contributed by atoms with E-state index in [0.717, 1.165) is 62.2 Å². The molecule has 0 unspecified atom stereocenters. The Bertz CT molecular complexity index is 2200. The molecule has 0 saturated carbocycles. The average Bonchev–Trinajstić information content (AvgIpc) is 4.01. The van der Waals surface area contributed by atoms with Crippen LogP contribution in [0.15, 0.2) is 166 Å². The maximum Gasteiger partial charge on any atom is 0.306 e. The first-order valence-corrected chi connectivity index (χ1v) is 17.1. The number of nitrogens with zero attached hydrogens (tertiary/aromatic N) is 4. The zero-order valence-corrected chi connectivity index (χ0v) is 28.9. The van der Waals surface area contributed by atoms with Crippen molar-refractivity contribution >= 4 is 40.2 Å². The van der Waals surface area contributed by atoms with Crippen molar-refractivity contribution in [3.63, 3.8) is 0 Å². The van der Waals surface area contributed by atoms with Crippen LogP contribution in [0.25, 0.3) is 11.1 Å². The van der Waals surface area contributed by atoms with Crippen molar-refractivity contribution in [2.45, 2.75) is 25.7 Å². The molecule has 10 nitrogen and oxygen atoms in total. The van der Waals surface area contributed by atoms with Crippen LogP contribution in [-0.4, -0.2) is 59.2 Å². The summed E-state index contributed by atoms with van der Waals surface area (Å²) in [4.78, 5) is 46.5. The molecule has 1 aromatic carbocycles. The van der Waals surface area contributed by atoms with Crippen molar-refractivity contribution in [2.24, 2.45) is 15.0 Å². The lowest BCUT2D eigenvalue weighted by Crippen LogP contribution is -2.23. The Kier molecular flexibility index (Phi) is 9.88. The quantitative estimate of drug-likeness (QED) is 0.193. The molecule has 52 heavy (non-hydrogen) atoms. The molecule has 5 aliphatic heterocycles. The molecule has 0 aliphatic carbocycles. The molecule has 2 N–H and O–H groups in total. The number of aromatic amines is 1. The lowest BCUT2D eigenvalue weighted by Gasteiger charge is -2.17. The van der Waals surface area contributed by atoms with Gasteiger partial charge in [-0.2, -0.15) is 0 Å². The Hall–Kier alpha value is -6.55. The summed E-state index contributed by atoms with van der Waals surface area (Å²) in [7, 11) is 1.96. The largest absolute Gasteiger partial charge is 0.461 e. The minimum atomic E-state index is -0.325. The number of fused-ring (bicyclic) bond motifs is 5. The molecule has 1 aromatic heterocycles. The van der Waals surface area contributed by atoms with Gasteiger partial charge in [-0.25, -0.2) is 15.0 Å². The van der Waals surface area contributed by atoms with E-state index in [2.05, 4.69) is 35.6 Å². The molecule has 0 saturated heterocycles. The zero-order valence-electron chi connectivity index (χ0n) is 28.9. The van der Waals surface area contributed by atoms with Gasteiger partial charge in [-0.1, -0.05) is 55.6 Å². The number of aromatic nitrogens is 1. The Labute approximate surface area is 302 Å². The standard InChI is InChI=1S/C42H38N6O4/c1-4-25-51-38(49)21-11-28-30-13-17-34(44-30)40(27-9-7-6-8-10-27)35-18-14-31(45-35)29(12-22-39(50)52-26-5-2)33-16-20-37(47-33)41(36-19-15-32(28)46-36)42-43-23-24-48(42)3/h4-10,13-20,23-24,43-44H,1-2,11-12,21-22,25-26H2,3H3/b32-28?,33-29?,40-35?,42-41-. The lowest BCUT2D eigenvalue weighted by atomic mass is 10.0. The lowest BCUT2D eigenvalue weighted by molar-refractivity contribution is -0.143. The first-order valence-electron chi connectivity index (χ1n) is 17.1. The van der Waals surface area contributed by atoms with Crippen LogP contribution in [0, 0.1) is 0 Å². The number of H-pyrrole nitrogens is 1. The highest BCUT2D eigenvalue weighted by molar-refractivity contribution is 6.34. The number of hydrogen-bond donors (Lipinski definition) is 2. The molecule has 0 amide bonds. The maximum absolute atomic E-state index is 12.7. The fraction of sp³-hybridized carbons (Fsp3) is 0.167. The number of hydrogen-bond acceptors (Lipinski definition) is 9. The second-order valence-corrected chi connectivity index (χ2v) is 12.4. The Balaban J connectivity index is 1.43. The van der Waals surface area contributed by atoms with Gasteiger partial charge in [0.15, 0.2) is 0 Å².